The number of methoxy groups -OCH3 is 2. The third-order valence-electron chi connectivity index (χ3n) is 3.80. The van der Waals surface area contributed by atoms with Crippen LogP contribution in [0.5, 0.6) is 11.5 Å². The molecule has 5 nitrogen and oxygen atoms in total. The first-order valence-electron chi connectivity index (χ1n) is 7.28. The van der Waals surface area contributed by atoms with E-state index in [1.165, 1.54) is 0 Å². The lowest BCUT2D eigenvalue weighted by atomic mass is 10.1. The molecule has 0 bridgehead atoms. The smallest absolute Gasteiger partial charge is 0.162 e. The molecule has 5 heteroatoms. The van der Waals surface area contributed by atoms with E-state index in [0.29, 0.717) is 11.5 Å². The Bertz CT molecular complexity index is 830. The molecule has 0 N–H and O–H groups in total. The molecule has 0 atom stereocenters. The van der Waals surface area contributed by atoms with E-state index in [0.717, 1.165) is 27.8 Å². The topological polar surface area (TPSA) is 47.5 Å². The van der Waals surface area contributed by atoms with E-state index in [4.69, 9.17) is 9.47 Å². The summed E-state index contributed by atoms with van der Waals surface area (Å²) in [5, 5.41) is 0.933. The van der Waals surface area contributed by atoms with Gasteiger partial charge in [0.25, 0.3) is 0 Å². The third-order valence-corrected chi connectivity index (χ3v) is 3.80. The number of hydrogen-bond acceptors (Lipinski definition) is 5. The molecule has 1 aromatic heterocycles. The highest BCUT2D eigenvalue weighted by Crippen LogP contribution is 2.35. The van der Waals surface area contributed by atoms with Gasteiger partial charge in [0.15, 0.2) is 11.5 Å². The lowest BCUT2D eigenvalue weighted by Crippen LogP contribution is -2.07. The van der Waals surface area contributed by atoms with Crippen molar-refractivity contribution in [2.75, 3.05) is 33.2 Å². The van der Waals surface area contributed by atoms with Crippen molar-refractivity contribution in [3.63, 3.8) is 0 Å². The van der Waals surface area contributed by atoms with Gasteiger partial charge in [-0.05, 0) is 18.2 Å². The Kier molecular flexibility index (Phi) is 4.02. The number of fused-ring (bicyclic) bond motifs is 1. The Balaban J connectivity index is 2.17. The lowest BCUT2D eigenvalue weighted by molar-refractivity contribution is 0.356. The molecule has 0 amide bonds. The van der Waals surface area contributed by atoms with E-state index >= 15 is 0 Å². The Morgan fingerprint density at radius 3 is 2.13 bits per heavy atom. The Hall–Kier alpha value is -2.82. The van der Waals surface area contributed by atoms with Crippen molar-refractivity contribution in [2.45, 2.75) is 0 Å². The first-order chi connectivity index (χ1) is 11.1. The number of hydrogen-bond donors (Lipinski definition) is 0. The predicted molar refractivity (Wildman–Crippen MR) is 92.4 cm³/mol. The fraction of sp³-hybridized carbons (Fsp3) is 0.222. The van der Waals surface area contributed by atoms with Gasteiger partial charge >= 0.3 is 0 Å². The van der Waals surface area contributed by atoms with Crippen LogP contribution in [0, 0.1) is 0 Å². The summed E-state index contributed by atoms with van der Waals surface area (Å²) in [5.74, 6) is 1.33. The van der Waals surface area contributed by atoms with Crippen LogP contribution in [-0.2, 0) is 0 Å². The molecular formula is C18H19N3O2. The van der Waals surface area contributed by atoms with E-state index in [9.17, 15) is 0 Å². The van der Waals surface area contributed by atoms with Crippen LogP contribution >= 0.6 is 0 Å². The van der Waals surface area contributed by atoms with Gasteiger partial charge in [0.1, 0.15) is 6.33 Å². The van der Waals surface area contributed by atoms with E-state index in [1.807, 2.05) is 26.2 Å². The second kappa shape index (κ2) is 6.12. The van der Waals surface area contributed by atoms with Crippen LogP contribution in [0.3, 0.4) is 0 Å². The van der Waals surface area contributed by atoms with Crippen LogP contribution in [0.1, 0.15) is 0 Å². The quantitative estimate of drug-likeness (QED) is 0.739. The third kappa shape index (κ3) is 2.77. The molecule has 0 spiro atoms. The molecule has 0 unspecified atom stereocenters. The van der Waals surface area contributed by atoms with Gasteiger partial charge in [-0.1, -0.05) is 12.1 Å². The summed E-state index contributed by atoms with van der Waals surface area (Å²) in [6.07, 6.45) is 1.57. The monoisotopic (exact) mass is 309 g/mol. The molecule has 0 aliphatic heterocycles. The fourth-order valence-electron chi connectivity index (χ4n) is 2.53. The van der Waals surface area contributed by atoms with Crippen LogP contribution in [0.4, 0.5) is 5.69 Å². The average molecular weight is 309 g/mol. The maximum Gasteiger partial charge on any atom is 0.162 e. The predicted octanol–water partition coefficient (Wildman–Crippen LogP) is 3.38. The van der Waals surface area contributed by atoms with Crippen LogP contribution < -0.4 is 14.4 Å². The summed E-state index contributed by atoms with van der Waals surface area (Å²) >= 11 is 0. The van der Waals surface area contributed by atoms with Crippen LogP contribution in [0.2, 0.25) is 0 Å². The molecule has 118 valence electrons. The average Bonchev–Trinajstić information content (AvgIpc) is 2.60. The normalized spacial score (nSPS) is 10.6. The molecule has 0 fully saturated rings. The van der Waals surface area contributed by atoms with E-state index in [1.54, 1.807) is 20.5 Å². The van der Waals surface area contributed by atoms with Gasteiger partial charge < -0.3 is 14.4 Å². The van der Waals surface area contributed by atoms with Gasteiger partial charge in [-0.3, -0.25) is 0 Å². The molecule has 0 saturated heterocycles. The Morgan fingerprint density at radius 2 is 1.52 bits per heavy atom. The number of rotatable bonds is 4. The van der Waals surface area contributed by atoms with Crippen LogP contribution in [0.25, 0.3) is 22.2 Å². The van der Waals surface area contributed by atoms with Crippen molar-refractivity contribution in [2.24, 2.45) is 0 Å². The standard InChI is InChI=1S/C18H19N3O2/c1-21(2)13-7-5-12(6-8-13)18-14-9-16(22-3)17(23-4)10-15(14)19-11-20-18/h5-11H,1-4H3. The van der Waals surface area contributed by atoms with Crippen molar-refractivity contribution in [3.05, 3.63) is 42.7 Å². The van der Waals surface area contributed by atoms with Crippen molar-refractivity contribution >= 4 is 16.6 Å². The van der Waals surface area contributed by atoms with Crippen LogP contribution in [-0.4, -0.2) is 38.3 Å². The maximum atomic E-state index is 5.40. The molecule has 0 aliphatic rings. The number of anilines is 1. The first-order valence-corrected chi connectivity index (χ1v) is 7.28. The first kappa shape index (κ1) is 15.1. The highest BCUT2D eigenvalue weighted by Gasteiger charge is 2.12. The number of aromatic nitrogens is 2. The fourth-order valence-corrected chi connectivity index (χ4v) is 2.53. The van der Waals surface area contributed by atoms with E-state index in [-0.39, 0.29) is 0 Å². The summed E-state index contributed by atoms with van der Waals surface area (Å²) in [4.78, 5) is 10.9. The summed E-state index contributed by atoms with van der Waals surface area (Å²) < 4.78 is 10.7. The molecule has 3 aromatic rings. The largest absolute Gasteiger partial charge is 0.493 e. The molecule has 0 aliphatic carbocycles. The molecular weight excluding hydrogens is 290 g/mol. The van der Waals surface area contributed by atoms with Crippen molar-refractivity contribution in [1.29, 1.82) is 0 Å². The number of nitrogens with zero attached hydrogens (tertiary/aromatic N) is 3. The van der Waals surface area contributed by atoms with Gasteiger partial charge in [-0.15, -0.1) is 0 Å². The van der Waals surface area contributed by atoms with Gasteiger partial charge in [0.05, 0.1) is 25.4 Å². The minimum absolute atomic E-state index is 0.660. The summed E-state index contributed by atoms with van der Waals surface area (Å²) in [7, 11) is 7.28. The SMILES string of the molecule is COc1cc2ncnc(-c3ccc(N(C)C)cc3)c2cc1OC. The van der Waals surface area contributed by atoms with E-state index in [2.05, 4.69) is 39.1 Å². The van der Waals surface area contributed by atoms with Crippen molar-refractivity contribution in [1.82, 2.24) is 9.97 Å². The minimum atomic E-state index is 0.660. The van der Waals surface area contributed by atoms with Gasteiger partial charge in [-0.25, -0.2) is 9.97 Å². The highest BCUT2D eigenvalue weighted by molar-refractivity contribution is 5.94. The molecule has 0 saturated carbocycles. The minimum Gasteiger partial charge on any atom is -0.493 e. The zero-order chi connectivity index (χ0) is 16.4. The zero-order valence-electron chi connectivity index (χ0n) is 13.7. The maximum absolute atomic E-state index is 5.40. The Labute approximate surface area is 135 Å². The van der Waals surface area contributed by atoms with E-state index < -0.39 is 0 Å². The highest BCUT2D eigenvalue weighted by atomic mass is 16.5. The van der Waals surface area contributed by atoms with Gasteiger partial charge in [-0.2, -0.15) is 0 Å². The van der Waals surface area contributed by atoms with Crippen molar-refractivity contribution < 1.29 is 9.47 Å². The number of ether oxygens (including phenoxy) is 2. The van der Waals surface area contributed by atoms with Crippen molar-refractivity contribution in [3.8, 4) is 22.8 Å². The van der Waals surface area contributed by atoms with Gasteiger partial charge in [0, 0.05) is 36.8 Å². The second-order valence-corrected chi connectivity index (χ2v) is 5.39. The zero-order valence-corrected chi connectivity index (χ0v) is 13.7. The molecule has 2 aromatic carbocycles. The second-order valence-electron chi connectivity index (χ2n) is 5.39. The molecule has 1 heterocycles. The number of benzene rings is 2. The molecule has 0 radical (unpaired) electrons. The Morgan fingerprint density at radius 1 is 0.870 bits per heavy atom. The summed E-state index contributed by atoms with van der Waals surface area (Å²) in [6.45, 7) is 0. The van der Waals surface area contributed by atoms with Crippen LogP contribution in [0.15, 0.2) is 42.7 Å². The molecule has 23 heavy (non-hydrogen) atoms. The summed E-state index contributed by atoms with van der Waals surface area (Å²) in [5.41, 5.74) is 3.88. The van der Waals surface area contributed by atoms with Gasteiger partial charge in [0.2, 0.25) is 0 Å². The molecule has 3 rings (SSSR count). The lowest BCUT2D eigenvalue weighted by Gasteiger charge is -2.14. The summed E-state index contributed by atoms with van der Waals surface area (Å²) in [6, 6.07) is 12.1.